The number of benzene rings is 1. The molecule has 1 aromatic carbocycles. The molecule has 0 spiro atoms. The van der Waals surface area contributed by atoms with Crippen LogP contribution >= 0.6 is 0 Å². The monoisotopic (exact) mass is 704 g/mol. The Hall–Kier alpha value is -5.79. The number of nitrogens with one attached hydrogen (secondary N) is 4. The standard InChI is InChI=1S/C30H44N10O10/c31-17(13-22(32)41)28(48)40-11-5-9-21(40)27(47)38-18(8-4-10-35-30(33)34)25(45)36-15-23(42)37-19(14-24(43)44)26(46)39-20(29(49)50)12-16-6-2-1-3-7-16/h1-3,6-7,17-21H,4-5,8-15,31H2,(H2,32,41)(H,36,45)(H,37,42)(H,38,47)(H,39,46)(H,43,44)(H,49,50)(H4,33,34,35)/t17-,18-,19-,20-,21-/m0/s1. The zero-order valence-corrected chi connectivity index (χ0v) is 27.2. The lowest BCUT2D eigenvalue weighted by atomic mass is 10.1. The van der Waals surface area contributed by atoms with Crippen molar-refractivity contribution in [1.29, 1.82) is 0 Å². The van der Waals surface area contributed by atoms with E-state index < -0.39 is 97.0 Å². The second-order valence-corrected chi connectivity index (χ2v) is 11.5. The van der Waals surface area contributed by atoms with Crippen LogP contribution in [0.2, 0.25) is 0 Å². The predicted octanol–water partition coefficient (Wildman–Crippen LogP) is -4.39. The summed E-state index contributed by atoms with van der Waals surface area (Å²) < 4.78 is 0. The molecule has 14 N–H and O–H groups in total. The van der Waals surface area contributed by atoms with Gasteiger partial charge in [0, 0.05) is 19.5 Å². The van der Waals surface area contributed by atoms with Gasteiger partial charge in [-0.3, -0.25) is 38.6 Å². The second-order valence-electron chi connectivity index (χ2n) is 11.5. The number of primary amides is 1. The molecule has 274 valence electrons. The average molecular weight is 705 g/mol. The normalized spacial score (nSPS) is 16.1. The Labute approximate surface area is 286 Å². The van der Waals surface area contributed by atoms with Gasteiger partial charge in [-0.25, -0.2) is 4.79 Å². The minimum absolute atomic E-state index is 0.0140. The SMILES string of the molecule is NC(=O)C[C@H](N)C(=O)N1CCC[C@H]1C(=O)N[C@@H](CCCN=C(N)N)C(=O)NCC(=O)N[C@@H](CC(=O)O)C(=O)N[C@@H](Cc1ccccc1)C(=O)O. The number of hydrogen-bond acceptors (Lipinski definition) is 10. The maximum absolute atomic E-state index is 13.3. The molecule has 0 radical (unpaired) electrons. The molecule has 50 heavy (non-hydrogen) atoms. The highest BCUT2D eigenvalue weighted by Gasteiger charge is 2.38. The smallest absolute Gasteiger partial charge is 0.326 e. The molecular formula is C30H44N10O10. The van der Waals surface area contributed by atoms with Crippen LogP contribution in [0.25, 0.3) is 0 Å². The zero-order chi connectivity index (χ0) is 37.4. The summed E-state index contributed by atoms with van der Waals surface area (Å²) in [5.74, 6) is -8.12. The Morgan fingerprint density at radius 2 is 1.56 bits per heavy atom. The number of aliphatic carboxylic acids is 2. The molecule has 20 heteroatoms. The van der Waals surface area contributed by atoms with Crippen molar-refractivity contribution in [2.45, 2.75) is 75.2 Å². The van der Waals surface area contributed by atoms with E-state index in [1.54, 1.807) is 30.3 Å². The number of amides is 6. The molecule has 0 aliphatic carbocycles. The molecule has 0 bridgehead atoms. The molecular weight excluding hydrogens is 660 g/mol. The summed E-state index contributed by atoms with van der Waals surface area (Å²) in [7, 11) is 0. The van der Waals surface area contributed by atoms with E-state index in [0.717, 1.165) is 0 Å². The number of guanidine groups is 1. The molecule has 0 saturated carbocycles. The van der Waals surface area contributed by atoms with Crippen molar-refractivity contribution in [3.63, 3.8) is 0 Å². The number of carbonyl (C=O) groups excluding carboxylic acids is 6. The molecule has 1 aliphatic rings. The lowest BCUT2D eigenvalue weighted by Crippen LogP contribution is -2.57. The molecule has 20 nitrogen and oxygen atoms in total. The van der Waals surface area contributed by atoms with Crippen LogP contribution in [0.5, 0.6) is 0 Å². The number of rotatable bonds is 20. The Kier molecular flexibility index (Phi) is 16.1. The Balaban J connectivity index is 2.09. The van der Waals surface area contributed by atoms with E-state index in [1.165, 1.54) is 4.90 Å². The number of carboxylic acid groups (broad SMARTS) is 2. The van der Waals surface area contributed by atoms with Crippen molar-refractivity contribution in [2.24, 2.45) is 27.9 Å². The summed E-state index contributed by atoms with van der Waals surface area (Å²) in [5, 5.41) is 28.2. The molecule has 0 unspecified atom stereocenters. The number of carbonyl (C=O) groups is 8. The number of carboxylic acids is 2. The molecule has 6 amide bonds. The maximum atomic E-state index is 13.3. The summed E-state index contributed by atoms with van der Waals surface area (Å²) in [4.78, 5) is 104. The van der Waals surface area contributed by atoms with Crippen molar-refractivity contribution >= 4 is 53.3 Å². The van der Waals surface area contributed by atoms with Gasteiger partial charge < -0.3 is 59.3 Å². The van der Waals surface area contributed by atoms with Crippen molar-refractivity contribution in [1.82, 2.24) is 26.2 Å². The number of nitrogens with two attached hydrogens (primary N) is 4. The van der Waals surface area contributed by atoms with E-state index in [2.05, 4.69) is 26.3 Å². The molecule has 2 rings (SSSR count). The quantitative estimate of drug-likeness (QED) is 0.0349. The topological polar surface area (TPSA) is 345 Å². The van der Waals surface area contributed by atoms with E-state index in [9.17, 15) is 48.6 Å². The molecule has 1 aromatic rings. The third-order valence-corrected chi connectivity index (χ3v) is 7.51. The maximum Gasteiger partial charge on any atom is 0.326 e. The van der Waals surface area contributed by atoms with Crippen molar-refractivity contribution in [3.05, 3.63) is 35.9 Å². The lowest BCUT2D eigenvalue weighted by Gasteiger charge is -2.28. The summed E-state index contributed by atoms with van der Waals surface area (Å²) in [6.07, 6.45) is -0.564. The van der Waals surface area contributed by atoms with Crippen LogP contribution < -0.4 is 44.2 Å². The first-order valence-electron chi connectivity index (χ1n) is 15.6. The zero-order valence-electron chi connectivity index (χ0n) is 27.2. The van der Waals surface area contributed by atoms with Crippen molar-refractivity contribution in [2.75, 3.05) is 19.6 Å². The van der Waals surface area contributed by atoms with E-state index >= 15 is 0 Å². The minimum atomic E-state index is -1.70. The first-order chi connectivity index (χ1) is 23.6. The number of aliphatic imine (C=N–C) groups is 1. The van der Waals surface area contributed by atoms with Gasteiger partial charge >= 0.3 is 11.9 Å². The van der Waals surface area contributed by atoms with Crippen LogP contribution in [0.4, 0.5) is 0 Å². The highest BCUT2D eigenvalue weighted by Crippen LogP contribution is 2.19. The van der Waals surface area contributed by atoms with Crippen LogP contribution in [-0.2, 0) is 44.8 Å². The first kappa shape index (κ1) is 40.4. The molecule has 0 aromatic heterocycles. The molecule has 1 saturated heterocycles. The summed E-state index contributed by atoms with van der Waals surface area (Å²) in [5.41, 5.74) is 22.2. The van der Waals surface area contributed by atoms with Gasteiger partial charge in [0.05, 0.1) is 25.4 Å². The second kappa shape index (κ2) is 19.9. The molecule has 5 atom stereocenters. The first-order valence-corrected chi connectivity index (χ1v) is 15.6. The fraction of sp³-hybridized carbons (Fsp3) is 0.500. The Morgan fingerprint density at radius 3 is 2.16 bits per heavy atom. The van der Waals surface area contributed by atoms with E-state index in [1.807, 2.05) is 0 Å². The van der Waals surface area contributed by atoms with Gasteiger partial charge in [0.25, 0.3) is 0 Å². The summed E-state index contributed by atoms with van der Waals surface area (Å²) >= 11 is 0. The van der Waals surface area contributed by atoms with E-state index in [-0.39, 0.29) is 44.7 Å². The van der Waals surface area contributed by atoms with Crippen molar-refractivity contribution in [3.8, 4) is 0 Å². The largest absolute Gasteiger partial charge is 0.481 e. The Morgan fingerprint density at radius 1 is 0.880 bits per heavy atom. The third kappa shape index (κ3) is 13.7. The molecule has 1 aliphatic heterocycles. The van der Waals surface area contributed by atoms with Gasteiger partial charge in [0.1, 0.15) is 24.2 Å². The van der Waals surface area contributed by atoms with Crippen LogP contribution in [0, 0.1) is 0 Å². The number of likely N-dealkylation sites (tertiary alicyclic amines) is 1. The predicted molar refractivity (Wildman–Crippen MR) is 175 cm³/mol. The fourth-order valence-electron chi connectivity index (χ4n) is 5.10. The average Bonchev–Trinajstić information content (AvgIpc) is 3.54. The highest BCUT2D eigenvalue weighted by atomic mass is 16.4. The van der Waals surface area contributed by atoms with Gasteiger partial charge in [0.15, 0.2) is 5.96 Å². The van der Waals surface area contributed by atoms with Gasteiger partial charge in [-0.15, -0.1) is 0 Å². The third-order valence-electron chi connectivity index (χ3n) is 7.51. The van der Waals surface area contributed by atoms with E-state index in [0.29, 0.717) is 12.0 Å². The van der Waals surface area contributed by atoms with E-state index in [4.69, 9.17) is 22.9 Å². The van der Waals surface area contributed by atoms with Gasteiger partial charge in [-0.1, -0.05) is 30.3 Å². The van der Waals surface area contributed by atoms with Crippen LogP contribution in [0.15, 0.2) is 35.3 Å². The van der Waals surface area contributed by atoms with Crippen LogP contribution in [0.1, 0.15) is 44.1 Å². The fourth-order valence-corrected chi connectivity index (χ4v) is 5.10. The number of nitrogens with zero attached hydrogens (tertiary/aromatic N) is 2. The molecule has 1 fully saturated rings. The lowest BCUT2D eigenvalue weighted by molar-refractivity contribution is -0.143. The highest BCUT2D eigenvalue weighted by molar-refractivity contribution is 5.96. The van der Waals surface area contributed by atoms with Gasteiger partial charge in [0.2, 0.25) is 35.4 Å². The minimum Gasteiger partial charge on any atom is -0.481 e. The van der Waals surface area contributed by atoms with Crippen LogP contribution in [-0.4, -0.2) is 118 Å². The van der Waals surface area contributed by atoms with Gasteiger partial charge in [-0.05, 0) is 31.2 Å². The summed E-state index contributed by atoms with van der Waals surface area (Å²) in [6, 6.07) is 1.69. The van der Waals surface area contributed by atoms with Crippen molar-refractivity contribution < 1.29 is 48.6 Å². The molecule has 1 heterocycles. The number of hydrogen-bond donors (Lipinski definition) is 10. The van der Waals surface area contributed by atoms with Crippen LogP contribution in [0.3, 0.4) is 0 Å². The van der Waals surface area contributed by atoms with Gasteiger partial charge in [-0.2, -0.15) is 0 Å². The summed E-state index contributed by atoms with van der Waals surface area (Å²) in [6.45, 7) is -0.494. The Bertz CT molecular complexity index is 1440.